The third-order valence-electron chi connectivity index (χ3n) is 5.09. The molecule has 34 heavy (non-hydrogen) atoms. The molecule has 0 aliphatic heterocycles. The number of pyridine rings is 1. The Balaban J connectivity index is 0.00000188. The quantitative estimate of drug-likeness (QED) is 0.417. The summed E-state index contributed by atoms with van der Waals surface area (Å²) in [6.45, 7) is 5.73. The number of methoxy groups -OCH3 is 1. The molecule has 2 N–H and O–H groups in total. The fraction of sp³-hybridized carbons (Fsp3) is 0.357. The number of ether oxygens (including phenoxy) is 1. The van der Waals surface area contributed by atoms with Crippen molar-refractivity contribution in [3.8, 4) is 5.88 Å². The molecule has 6 nitrogen and oxygen atoms in total. The van der Waals surface area contributed by atoms with Gasteiger partial charge in [-0.3, -0.25) is 4.79 Å². The smallest absolute Gasteiger partial charge is 0.253 e. The Labute approximate surface area is 204 Å². The maximum Gasteiger partial charge on any atom is 0.253 e. The number of aliphatic hydroxyl groups excluding tert-OH is 1. The highest BCUT2D eigenvalue weighted by atomic mass is 16.5. The van der Waals surface area contributed by atoms with Gasteiger partial charge in [-0.2, -0.15) is 0 Å². The van der Waals surface area contributed by atoms with Crippen molar-refractivity contribution in [2.75, 3.05) is 27.2 Å². The molecule has 3 rings (SSSR count). The highest BCUT2D eigenvalue weighted by molar-refractivity contribution is 5.94. The molecule has 0 aliphatic rings. The molecule has 0 saturated heterocycles. The summed E-state index contributed by atoms with van der Waals surface area (Å²) < 4.78 is 5.06. The zero-order chi connectivity index (χ0) is 24.1. The first-order valence-electron chi connectivity index (χ1n) is 11.3. The Bertz CT molecular complexity index is 945. The molecule has 1 atom stereocenters. The van der Waals surface area contributed by atoms with E-state index in [-0.39, 0.29) is 13.3 Å². The van der Waals surface area contributed by atoms with E-state index in [1.165, 1.54) is 0 Å². The molecule has 3 aromatic rings. The molecule has 0 saturated carbocycles. The molecule has 1 aromatic heterocycles. The second-order valence-corrected chi connectivity index (χ2v) is 7.45. The molecule has 0 bridgehead atoms. The highest BCUT2D eigenvalue weighted by Crippen LogP contribution is 2.13. The molecule has 0 radical (unpaired) electrons. The SMILES string of the molecule is C.CC.COc1ccc(CN(C)C(=O)c2ccc(CCNCC(O)c3ccccc3)cc2)cn1. The number of hydrogen-bond acceptors (Lipinski definition) is 5. The number of nitrogens with zero attached hydrogens (tertiary/aromatic N) is 2. The van der Waals surface area contributed by atoms with Gasteiger partial charge in [0.25, 0.3) is 5.91 Å². The van der Waals surface area contributed by atoms with Gasteiger partial charge in [0.05, 0.1) is 13.2 Å². The summed E-state index contributed by atoms with van der Waals surface area (Å²) in [5, 5.41) is 13.5. The van der Waals surface area contributed by atoms with E-state index in [1.807, 2.05) is 74.5 Å². The first kappa shape index (κ1) is 28.8. The number of carbonyl (C=O) groups excluding carboxylic acids is 1. The standard InChI is InChI=1S/C25H29N3O3.C2H6.CH4/c1-28(18-20-10-13-24(31-2)27-16-20)25(30)22-11-8-19(9-12-22)14-15-26-17-23(29)21-6-4-3-5-7-21;1-2;/h3-13,16,23,26,29H,14-15,17-18H2,1-2H3;1-2H3;1H4. The van der Waals surface area contributed by atoms with Gasteiger partial charge in [-0.15, -0.1) is 0 Å². The van der Waals surface area contributed by atoms with Gasteiger partial charge in [-0.1, -0.05) is 69.8 Å². The van der Waals surface area contributed by atoms with E-state index in [9.17, 15) is 9.90 Å². The second kappa shape index (κ2) is 15.6. The Kier molecular flexibility index (Phi) is 13.2. The summed E-state index contributed by atoms with van der Waals surface area (Å²) in [5.41, 5.74) is 3.64. The summed E-state index contributed by atoms with van der Waals surface area (Å²) in [4.78, 5) is 18.5. The van der Waals surface area contributed by atoms with Crippen LogP contribution in [0.3, 0.4) is 0 Å². The third kappa shape index (κ3) is 8.96. The van der Waals surface area contributed by atoms with Crippen LogP contribution in [0.25, 0.3) is 0 Å². The molecule has 184 valence electrons. The van der Waals surface area contributed by atoms with Crippen molar-refractivity contribution in [2.24, 2.45) is 0 Å². The van der Waals surface area contributed by atoms with E-state index in [2.05, 4.69) is 10.3 Å². The van der Waals surface area contributed by atoms with Crippen molar-refractivity contribution in [3.05, 3.63) is 95.2 Å². The van der Waals surface area contributed by atoms with E-state index < -0.39 is 6.10 Å². The number of rotatable bonds is 10. The lowest BCUT2D eigenvalue weighted by Gasteiger charge is -2.17. The maximum atomic E-state index is 12.7. The van der Waals surface area contributed by atoms with Crippen LogP contribution in [-0.4, -0.2) is 48.1 Å². The molecule has 1 unspecified atom stereocenters. The summed E-state index contributed by atoms with van der Waals surface area (Å²) in [5.74, 6) is 0.517. The van der Waals surface area contributed by atoms with Crippen LogP contribution < -0.4 is 10.1 Å². The summed E-state index contributed by atoms with van der Waals surface area (Å²) in [6.07, 6.45) is 2.02. The summed E-state index contributed by atoms with van der Waals surface area (Å²) in [7, 11) is 3.36. The summed E-state index contributed by atoms with van der Waals surface area (Å²) >= 11 is 0. The highest BCUT2D eigenvalue weighted by Gasteiger charge is 2.12. The van der Waals surface area contributed by atoms with Crippen LogP contribution in [0.15, 0.2) is 72.9 Å². The molecule has 6 heteroatoms. The Morgan fingerprint density at radius 2 is 1.68 bits per heavy atom. The Hall–Kier alpha value is -3.22. The second-order valence-electron chi connectivity index (χ2n) is 7.45. The molecule has 1 heterocycles. The average molecular weight is 466 g/mol. The lowest BCUT2D eigenvalue weighted by molar-refractivity contribution is 0.0785. The van der Waals surface area contributed by atoms with Gasteiger partial charge in [0, 0.05) is 38.0 Å². The van der Waals surface area contributed by atoms with Crippen molar-refractivity contribution in [1.82, 2.24) is 15.2 Å². The minimum Gasteiger partial charge on any atom is -0.481 e. The molecular weight excluding hydrogens is 426 g/mol. The minimum absolute atomic E-state index is 0. The van der Waals surface area contributed by atoms with Crippen LogP contribution in [0.2, 0.25) is 0 Å². The predicted octanol–water partition coefficient (Wildman–Crippen LogP) is 4.89. The zero-order valence-electron chi connectivity index (χ0n) is 20.0. The zero-order valence-corrected chi connectivity index (χ0v) is 20.0. The van der Waals surface area contributed by atoms with Gasteiger partial charge >= 0.3 is 0 Å². The first-order valence-corrected chi connectivity index (χ1v) is 11.3. The monoisotopic (exact) mass is 465 g/mol. The van der Waals surface area contributed by atoms with Crippen molar-refractivity contribution in [2.45, 2.75) is 40.3 Å². The number of hydrogen-bond donors (Lipinski definition) is 2. The van der Waals surface area contributed by atoms with E-state index in [4.69, 9.17) is 4.74 Å². The summed E-state index contributed by atoms with van der Waals surface area (Å²) in [6, 6.07) is 21.0. The number of benzene rings is 2. The van der Waals surface area contributed by atoms with E-state index in [0.29, 0.717) is 24.5 Å². The van der Waals surface area contributed by atoms with Gasteiger partial charge in [0.2, 0.25) is 5.88 Å². The molecule has 1 amide bonds. The topological polar surface area (TPSA) is 74.7 Å². The van der Waals surface area contributed by atoms with Crippen molar-refractivity contribution in [3.63, 3.8) is 0 Å². The van der Waals surface area contributed by atoms with E-state index in [1.54, 1.807) is 31.3 Å². The van der Waals surface area contributed by atoms with Crippen molar-refractivity contribution in [1.29, 1.82) is 0 Å². The van der Waals surface area contributed by atoms with E-state index >= 15 is 0 Å². The van der Waals surface area contributed by atoms with Crippen LogP contribution in [-0.2, 0) is 13.0 Å². The third-order valence-corrected chi connectivity index (χ3v) is 5.09. The number of carbonyl (C=O) groups is 1. The van der Waals surface area contributed by atoms with E-state index in [0.717, 1.165) is 29.7 Å². The van der Waals surface area contributed by atoms with Gasteiger partial charge in [-0.05, 0) is 41.8 Å². The van der Waals surface area contributed by atoms with Crippen LogP contribution in [0.5, 0.6) is 5.88 Å². The molecule has 0 fully saturated rings. The van der Waals surface area contributed by atoms with Crippen molar-refractivity contribution >= 4 is 5.91 Å². The Morgan fingerprint density at radius 1 is 1.03 bits per heavy atom. The van der Waals surface area contributed by atoms with Gasteiger partial charge in [-0.25, -0.2) is 4.98 Å². The lowest BCUT2D eigenvalue weighted by atomic mass is 10.1. The molecule has 0 spiro atoms. The first-order chi connectivity index (χ1) is 16.1. The predicted molar refractivity (Wildman–Crippen MR) is 139 cm³/mol. The number of amides is 1. The number of aliphatic hydroxyl groups is 1. The van der Waals surface area contributed by atoms with Crippen molar-refractivity contribution < 1.29 is 14.6 Å². The largest absolute Gasteiger partial charge is 0.481 e. The lowest BCUT2D eigenvalue weighted by Crippen LogP contribution is -2.26. The maximum absolute atomic E-state index is 12.7. The van der Waals surface area contributed by atoms with Gasteiger partial charge in [0.1, 0.15) is 0 Å². The molecular formula is C28H39N3O3. The van der Waals surface area contributed by atoms with Gasteiger partial charge in [0.15, 0.2) is 0 Å². The Morgan fingerprint density at radius 3 is 2.26 bits per heavy atom. The fourth-order valence-electron chi connectivity index (χ4n) is 3.27. The average Bonchev–Trinajstić information content (AvgIpc) is 2.88. The molecule has 0 aliphatic carbocycles. The van der Waals surface area contributed by atoms with Crippen LogP contribution >= 0.6 is 0 Å². The van der Waals surface area contributed by atoms with Crippen LogP contribution in [0.4, 0.5) is 0 Å². The van der Waals surface area contributed by atoms with Gasteiger partial charge < -0.3 is 20.1 Å². The molecule has 2 aromatic carbocycles. The number of nitrogens with one attached hydrogen (secondary N) is 1. The number of aromatic nitrogens is 1. The van der Waals surface area contributed by atoms with Crippen LogP contribution in [0.1, 0.15) is 54.4 Å². The van der Waals surface area contributed by atoms with Crippen LogP contribution in [0, 0.1) is 0 Å². The fourth-order valence-corrected chi connectivity index (χ4v) is 3.27. The normalized spacial score (nSPS) is 10.9. The minimum atomic E-state index is -0.516.